The zero-order valence-electron chi connectivity index (χ0n) is 19.0. The Morgan fingerprint density at radius 3 is 2.61 bits per heavy atom. The van der Waals surface area contributed by atoms with Crippen molar-refractivity contribution < 1.29 is 22.7 Å². The van der Waals surface area contributed by atoms with E-state index in [4.69, 9.17) is 4.74 Å². The molecule has 2 heterocycles. The number of ether oxygens (including phenoxy) is 1. The standard InChI is InChI=1S/C24H29N3O5S/c1-15(2)17-6-8-19(9-7-17)25-24(29)18-5-4-12-27(14-18)33(30,31)20-10-11-22-21(13-20)26-23(28)16(3)32-22/h6-11,13,15-16,18H,4-5,12,14H2,1-3H3,(H,25,29)(H,26,28)/t16-,18+/m1/s1. The molecule has 2 aromatic carbocycles. The Kier molecular flexibility index (Phi) is 6.45. The van der Waals surface area contributed by atoms with Gasteiger partial charge in [-0.2, -0.15) is 4.31 Å². The molecule has 0 aliphatic carbocycles. The number of piperidine rings is 1. The molecule has 2 N–H and O–H groups in total. The molecule has 176 valence electrons. The fraction of sp³-hybridized carbons (Fsp3) is 0.417. The van der Waals surface area contributed by atoms with Gasteiger partial charge in [0.05, 0.1) is 16.5 Å². The molecule has 2 aliphatic rings. The Morgan fingerprint density at radius 2 is 1.91 bits per heavy atom. The van der Waals surface area contributed by atoms with Crippen molar-refractivity contribution in [3.63, 3.8) is 0 Å². The molecular weight excluding hydrogens is 442 g/mol. The lowest BCUT2D eigenvalue weighted by molar-refractivity contribution is -0.123. The highest BCUT2D eigenvalue weighted by molar-refractivity contribution is 7.89. The van der Waals surface area contributed by atoms with Gasteiger partial charge in [-0.15, -0.1) is 0 Å². The molecule has 9 heteroatoms. The summed E-state index contributed by atoms with van der Waals surface area (Å²) in [6.45, 7) is 6.28. The lowest BCUT2D eigenvalue weighted by atomic mass is 9.98. The van der Waals surface area contributed by atoms with E-state index in [1.807, 2.05) is 24.3 Å². The maximum absolute atomic E-state index is 13.3. The van der Waals surface area contributed by atoms with Crippen LogP contribution in [-0.2, 0) is 19.6 Å². The third kappa shape index (κ3) is 4.89. The Hall–Kier alpha value is -2.91. The predicted molar refractivity (Wildman–Crippen MR) is 126 cm³/mol. The number of carbonyl (C=O) groups excluding carboxylic acids is 2. The molecule has 0 aromatic heterocycles. The van der Waals surface area contributed by atoms with Crippen LogP contribution in [0.4, 0.5) is 11.4 Å². The average Bonchev–Trinajstić information content (AvgIpc) is 2.80. The van der Waals surface area contributed by atoms with E-state index in [0.29, 0.717) is 42.4 Å². The number of anilines is 2. The lowest BCUT2D eigenvalue weighted by Crippen LogP contribution is -2.43. The summed E-state index contributed by atoms with van der Waals surface area (Å²) >= 11 is 0. The summed E-state index contributed by atoms with van der Waals surface area (Å²) in [5, 5.41) is 5.59. The SMILES string of the molecule is CC(C)c1ccc(NC(=O)[C@H]2CCCN(S(=O)(=O)c3ccc4c(c3)NC(=O)[C@@H](C)O4)C2)cc1. The first-order chi connectivity index (χ1) is 15.6. The topological polar surface area (TPSA) is 105 Å². The highest BCUT2D eigenvalue weighted by atomic mass is 32.2. The highest BCUT2D eigenvalue weighted by Gasteiger charge is 2.34. The molecule has 4 rings (SSSR count). The van der Waals surface area contributed by atoms with Crippen molar-refractivity contribution in [1.82, 2.24) is 4.31 Å². The molecule has 2 aliphatic heterocycles. The fourth-order valence-electron chi connectivity index (χ4n) is 4.07. The first-order valence-electron chi connectivity index (χ1n) is 11.2. The molecule has 2 aromatic rings. The van der Waals surface area contributed by atoms with Crippen LogP contribution in [0.25, 0.3) is 0 Å². The van der Waals surface area contributed by atoms with Gasteiger partial charge in [-0.3, -0.25) is 9.59 Å². The van der Waals surface area contributed by atoms with E-state index in [2.05, 4.69) is 24.5 Å². The molecule has 2 amide bonds. The first-order valence-corrected chi connectivity index (χ1v) is 12.6. The van der Waals surface area contributed by atoms with Crippen molar-refractivity contribution in [2.75, 3.05) is 23.7 Å². The van der Waals surface area contributed by atoms with E-state index in [1.165, 1.54) is 22.0 Å². The van der Waals surface area contributed by atoms with Gasteiger partial charge >= 0.3 is 0 Å². The minimum atomic E-state index is -3.83. The molecule has 2 atom stereocenters. The lowest BCUT2D eigenvalue weighted by Gasteiger charge is -2.31. The maximum atomic E-state index is 13.3. The third-order valence-corrected chi connectivity index (χ3v) is 7.98. The molecule has 0 radical (unpaired) electrons. The number of rotatable bonds is 5. The maximum Gasteiger partial charge on any atom is 0.265 e. The third-order valence-electron chi connectivity index (χ3n) is 6.12. The molecule has 8 nitrogen and oxygen atoms in total. The normalized spacial score (nSPS) is 21.2. The van der Waals surface area contributed by atoms with Crippen LogP contribution >= 0.6 is 0 Å². The van der Waals surface area contributed by atoms with E-state index < -0.39 is 22.0 Å². The predicted octanol–water partition coefficient (Wildman–Crippen LogP) is 3.57. The van der Waals surface area contributed by atoms with Gasteiger partial charge in [0.2, 0.25) is 15.9 Å². The zero-order chi connectivity index (χ0) is 23.8. The van der Waals surface area contributed by atoms with Crippen LogP contribution in [0.2, 0.25) is 0 Å². The quantitative estimate of drug-likeness (QED) is 0.694. The van der Waals surface area contributed by atoms with Gasteiger partial charge in [0.1, 0.15) is 5.75 Å². The number of fused-ring (bicyclic) bond motifs is 1. The van der Waals surface area contributed by atoms with Crippen molar-refractivity contribution >= 4 is 33.2 Å². The molecule has 0 bridgehead atoms. The van der Waals surface area contributed by atoms with Crippen LogP contribution < -0.4 is 15.4 Å². The zero-order valence-corrected chi connectivity index (χ0v) is 19.8. The van der Waals surface area contributed by atoms with Gasteiger partial charge in [0, 0.05) is 18.8 Å². The van der Waals surface area contributed by atoms with Gasteiger partial charge in [-0.25, -0.2) is 8.42 Å². The number of nitrogens with one attached hydrogen (secondary N) is 2. The summed E-state index contributed by atoms with van der Waals surface area (Å²) in [6.07, 6.45) is 0.572. The van der Waals surface area contributed by atoms with Gasteiger partial charge < -0.3 is 15.4 Å². The number of amides is 2. The van der Waals surface area contributed by atoms with E-state index in [9.17, 15) is 18.0 Å². The molecule has 33 heavy (non-hydrogen) atoms. The van der Waals surface area contributed by atoms with Crippen LogP contribution in [-0.4, -0.2) is 43.7 Å². The van der Waals surface area contributed by atoms with Gasteiger partial charge in [0.15, 0.2) is 6.10 Å². The Labute approximate surface area is 194 Å². The van der Waals surface area contributed by atoms with E-state index in [0.717, 1.165) is 0 Å². The molecule has 0 saturated carbocycles. The van der Waals surface area contributed by atoms with E-state index in [1.54, 1.807) is 13.0 Å². The van der Waals surface area contributed by atoms with Gasteiger partial charge in [0.25, 0.3) is 5.91 Å². The molecule has 0 spiro atoms. The average molecular weight is 472 g/mol. The Bertz CT molecular complexity index is 1160. The summed E-state index contributed by atoms with van der Waals surface area (Å²) in [5.41, 5.74) is 2.21. The van der Waals surface area contributed by atoms with Crippen LogP contribution in [0.5, 0.6) is 5.75 Å². The number of nitrogens with zero attached hydrogens (tertiary/aromatic N) is 1. The number of sulfonamides is 1. The van der Waals surface area contributed by atoms with Crippen LogP contribution in [0, 0.1) is 5.92 Å². The summed E-state index contributed by atoms with van der Waals surface area (Å²) < 4.78 is 33.4. The van der Waals surface area contributed by atoms with Gasteiger partial charge in [-0.05, 0) is 61.6 Å². The summed E-state index contributed by atoms with van der Waals surface area (Å²) in [4.78, 5) is 24.8. The summed E-state index contributed by atoms with van der Waals surface area (Å²) in [5.74, 6) is -0.126. The molecule has 1 saturated heterocycles. The van der Waals surface area contributed by atoms with E-state index >= 15 is 0 Å². The first kappa shape index (κ1) is 23.3. The smallest absolute Gasteiger partial charge is 0.265 e. The summed E-state index contributed by atoms with van der Waals surface area (Å²) in [7, 11) is -3.83. The second-order valence-corrected chi connectivity index (χ2v) is 10.8. The molecule has 0 unspecified atom stereocenters. The fourth-order valence-corrected chi connectivity index (χ4v) is 5.62. The summed E-state index contributed by atoms with van der Waals surface area (Å²) in [6, 6.07) is 12.1. The van der Waals surface area contributed by atoms with Crippen molar-refractivity contribution in [3.05, 3.63) is 48.0 Å². The Morgan fingerprint density at radius 1 is 1.18 bits per heavy atom. The number of hydrogen-bond acceptors (Lipinski definition) is 5. The second kappa shape index (κ2) is 9.15. The van der Waals surface area contributed by atoms with Crippen LogP contribution in [0.1, 0.15) is 45.1 Å². The Balaban J connectivity index is 1.47. The highest BCUT2D eigenvalue weighted by Crippen LogP contribution is 2.33. The van der Waals surface area contributed by atoms with Crippen LogP contribution in [0.3, 0.4) is 0 Å². The number of carbonyl (C=O) groups is 2. The number of hydrogen-bond donors (Lipinski definition) is 2. The largest absolute Gasteiger partial charge is 0.479 e. The minimum absolute atomic E-state index is 0.0602. The van der Waals surface area contributed by atoms with Crippen LogP contribution in [0.15, 0.2) is 47.4 Å². The molecular formula is C24H29N3O5S. The number of benzene rings is 2. The minimum Gasteiger partial charge on any atom is -0.479 e. The molecule has 1 fully saturated rings. The van der Waals surface area contributed by atoms with Gasteiger partial charge in [-0.1, -0.05) is 26.0 Å². The second-order valence-electron chi connectivity index (χ2n) is 8.88. The van der Waals surface area contributed by atoms with E-state index in [-0.39, 0.29) is 23.3 Å². The van der Waals surface area contributed by atoms with Crippen molar-refractivity contribution in [1.29, 1.82) is 0 Å². The monoisotopic (exact) mass is 471 g/mol. The van der Waals surface area contributed by atoms with Crippen molar-refractivity contribution in [3.8, 4) is 5.75 Å². The van der Waals surface area contributed by atoms with Crippen molar-refractivity contribution in [2.24, 2.45) is 5.92 Å². The van der Waals surface area contributed by atoms with Crippen molar-refractivity contribution in [2.45, 2.75) is 50.5 Å².